The Morgan fingerprint density at radius 3 is 2.39 bits per heavy atom. The van der Waals surface area contributed by atoms with Gasteiger partial charge in [0, 0.05) is 24.2 Å². The zero-order valence-corrected chi connectivity index (χ0v) is 11.2. The quantitative estimate of drug-likeness (QED) is 0.846. The molecule has 0 aliphatic carbocycles. The molecule has 1 heterocycles. The number of benzene rings is 1. The molecule has 0 bridgehead atoms. The van der Waals surface area contributed by atoms with E-state index in [0.29, 0.717) is 6.61 Å². The lowest BCUT2D eigenvalue weighted by molar-refractivity contribution is -0.0696. The Hall–Kier alpha value is -1.26. The van der Waals surface area contributed by atoms with E-state index in [2.05, 4.69) is 25.7 Å². The van der Waals surface area contributed by atoms with E-state index >= 15 is 0 Å². The summed E-state index contributed by atoms with van der Waals surface area (Å²) in [6.45, 7) is 8.64. The highest BCUT2D eigenvalue weighted by atomic mass is 16.5. The monoisotopic (exact) mass is 251 g/mol. The van der Waals surface area contributed by atoms with Gasteiger partial charge in [-0.05, 0) is 38.5 Å². The molecule has 2 N–H and O–H groups in total. The second-order valence-electron chi connectivity index (χ2n) is 5.52. The summed E-state index contributed by atoms with van der Waals surface area (Å²) >= 11 is 0. The molecule has 0 spiro atoms. The first-order valence-electron chi connectivity index (χ1n) is 6.27. The molecule has 0 amide bonds. The lowest BCUT2D eigenvalue weighted by Gasteiger charge is -2.45. The zero-order valence-electron chi connectivity index (χ0n) is 11.2. The molecule has 4 heteroatoms. The summed E-state index contributed by atoms with van der Waals surface area (Å²) < 4.78 is 5.51. The van der Waals surface area contributed by atoms with Gasteiger partial charge < -0.3 is 14.9 Å². The molecule has 1 aromatic rings. The van der Waals surface area contributed by atoms with Crippen molar-refractivity contribution in [3.8, 4) is 11.5 Å². The standard InChI is InChI=1S/C14H21NO3/c1-10(11-6-12(16)8-13(17)7-11)15-4-5-18-9-14(15,2)3/h6-8,10,16-17H,4-5,9H2,1-3H3. The number of phenols is 2. The van der Waals surface area contributed by atoms with Crippen molar-refractivity contribution in [3.05, 3.63) is 23.8 Å². The van der Waals surface area contributed by atoms with Crippen LogP contribution in [0.15, 0.2) is 18.2 Å². The van der Waals surface area contributed by atoms with E-state index in [0.717, 1.165) is 18.7 Å². The molecule has 100 valence electrons. The van der Waals surface area contributed by atoms with Crippen LogP contribution in [0.5, 0.6) is 11.5 Å². The molecule has 4 nitrogen and oxygen atoms in total. The topological polar surface area (TPSA) is 52.9 Å². The first-order valence-corrected chi connectivity index (χ1v) is 6.27. The summed E-state index contributed by atoms with van der Waals surface area (Å²) in [4.78, 5) is 2.34. The van der Waals surface area contributed by atoms with Gasteiger partial charge in [0.05, 0.1) is 13.2 Å². The molecule has 1 aromatic carbocycles. The van der Waals surface area contributed by atoms with Gasteiger partial charge in [-0.25, -0.2) is 0 Å². The Morgan fingerprint density at radius 2 is 1.83 bits per heavy atom. The van der Waals surface area contributed by atoms with Gasteiger partial charge in [0.2, 0.25) is 0 Å². The Balaban J connectivity index is 2.26. The summed E-state index contributed by atoms with van der Waals surface area (Å²) in [5.41, 5.74) is 0.876. The fourth-order valence-corrected chi connectivity index (χ4v) is 2.63. The molecule has 1 aliphatic rings. The molecule has 2 rings (SSSR count). The maximum Gasteiger partial charge on any atom is 0.119 e. The van der Waals surface area contributed by atoms with Crippen molar-refractivity contribution in [1.82, 2.24) is 4.90 Å². The van der Waals surface area contributed by atoms with Crippen LogP contribution in [0.4, 0.5) is 0 Å². The van der Waals surface area contributed by atoms with E-state index < -0.39 is 0 Å². The minimum absolute atomic E-state index is 0.0429. The summed E-state index contributed by atoms with van der Waals surface area (Å²) in [7, 11) is 0. The third-order valence-electron chi connectivity index (χ3n) is 3.58. The minimum atomic E-state index is -0.0429. The second-order valence-corrected chi connectivity index (χ2v) is 5.52. The van der Waals surface area contributed by atoms with Gasteiger partial charge in [0.1, 0.15) is 11.5 Å². The van der Waals surface area contributed by atoms with Crippen LogP contribution in [0, 0.1) is 0 Å². The van der Waals surface area contributed by atoms with Crippen LogP contribution in [0.1, 0.15) is 32.4 Å². The fourth-order valence-electron chi connectivity index (χ4n) is 2.63. The molecule has 18 heavy (non-hydrogen) atoms. The molecular weight excluding hydrogens is 230 g/mol. The molecule has 1 fully saturated rings. The summed E-state index contributed by atoms with van der Waals surface area (Å²) in [5.74, 6) is 0.200. The third kappa shape index (κ3) is 2.60. The van der Waals surface area contributed by atoms with Gasteiger partial charge in [-0.15, -0.1) is 0 Å². The summed E-state index contributed by atoms with van der Waals surface area (Å²) in [6.07, 6.45) is 0. The van der Waals surface area contributed by atoms with Crippen molar-refractivity contribution < 1.29 is 14.9 Å². The van der Waals surface area contributed by atoms with Crippen LogP contribution in [0.2, 0.25) is 0 Å². The van der Waals surface area contributed by atoms with Crippen LogP contribution in [-0.2, 0) is 4.74 Å². The number of hydrogen-bond donors (Lipinski definition) is 2. The van der Waals surface area contributed by atoms with E-state index in [1.807, 2.05) is 0 Å². The Bertz CT molecular complexity index is 411. The molecule has 1 atom stereocenters. The van der Waals surface area contributed by atoms with Gasteiger partial charge in [0.25, 0.3) is 0 Å². The third-order valence-corrected chi connectivity index (χ3v) is 3.58. The van der Waals surface area contributed by atoms with Crippen LogP contribution >= 0.6 is 0 Å². The lowest BCUT2D eigenvalue weighted by atomic mass is 9.96. The van der Waals surface area contributed by atoms with Crippen LogP contribution in [-0.4, -0.2) is 40.4 Å². The molecule has 0 saturated carbocycles. The molecular formula is C14H21NO3. The first kappa shape index (κ1) is 13.2. The molecule has 0 radical (unpaired) electrons. The normalized spacial score (nSPS) is 21.7. The summed E-state index contributed by atoms with van der Waals surface area (Å²) in [6, 6.07) is 4.88. The van der Waals surface area contributed by atoms with Crippen molar-refractivity contribution >= 4 is 0 Å². The number of aromatic hydroxyl groups is 2. The molecule has 0 aromatic heterocycles. The van der Waals surface area contributed by atoms with Gasteiger partial charge in [-0.1, -0.05) is 0 Å². The molecule has 1 saturated heterocycles. The van der Waals surface area contributed by atoms with Crippen LogP contribution in [0.3, 0.4) is 0 Å². The van der Waals surface area contributed by atoms with Crippen molar-refractivity contribution in [2.45, 2.75) is 32.4 Å². The van der Waals surface area contributed by atoms with E-state index in [9.17, 15) is 10.2 Å². The fraction of sp³-hybridized carbons (Fsp3) is 0.571. The van der Waals surface area contributed by atoms with E-state index in [1.54, 1.807) is 12.1 Å². The van der Waals surface area contributed by atoms with E-state index in [-0.39, 0.29) is 23.1 Å². The number of ether oxygens (including phenoxy) is 1. The average molecular weight is 251 g/mol. The van der Waals surface area contributed by atoms with Crippen molar-refractivity contribution in [2.24, 2.45) is 0 Å². The predicted octanol–water partition coefficient (Wildman–Crippen LogP) is 2.27. The predicted molar refractivity (Wildman–Crippen MR) is 69.8 cm³/mol. The molecule has 1 unspecified atom stereocenters. The molecule has 1 aliphatic heterocycles. The SMILES string of the molecule is CC(c1cc(O)cc(O)c1)N1CCOCC1(C)C. The Labute approximate surface area is 108 Å². The second kappa shape index (κ2) is 4.78. The largest absolute Gasteiger partial charge is 0.508 e. The van der Waals surface area contributed by atoms with Crippen molar-refractivity contribution in [3.63, 3.8) is 0 Å². The van der Waals surface area contributed by atoms with Gasteiger partial charge in [0.15, 0.2) is 0 Å². The van der Waals surface area contributed by atoms with Crippen LogP contribution in [0.25, 0.3) is 0 Å². The Morgan fingerprint density at radius 1 is 1.22 bits per heavy atom. The van der Waals surface area contributed by atoms with Gasteiger partial charge in [-0.2, -0.15) is 0 Å². The maximum atomic E-state index is 9.57. The minimum Gasteiger partial charge on any atom is -0.508 e. The van der Waals surface area contributed by atoms with Gasteiger partial charge in [-0.3, -0.25) is 4.90 Å². The smallest absolute Gasteiger partial charge is 0.119 e. The van der Waals surface area contributed by atoms with E-state index in [1.165, 1.54) is 6.07 Å². The van der Waals surface area contributed by atoms with Crippen molar-refractivity contribution in [2.75, 3.05) is 19.8 Å². The first-order chi connectivity index (χ1) is 8.40. The summed E-state index contributed by atoms with van der Waals surface area (Å²) in [5, 5.41) is 19.1. The Kier molecular flexibility index (Phi) is 3.50. The highest BCUT2D eigenvalue weighted by molar-refractivity contribution is 5.38. The average Bonchev–Trinajstić information content (AvgIpc) is 2.26. The van der Waals surface area contributed by atoms with Crippen molar-refractivity contribution in [1.29, 1.82) is 0 Å². The highest BCUT2D eigenvalue weighted by Crippen LogP contribution is 2.33. The number of hydrogen-bond acceptors (Lipinski definition) is 4. The van der Waals surface area contributed by atoms with E-state index in [4.69, 9.17) is 4.74 Å². The maximum absolute atomic E-state index is 9.57. The number of phenolic OH excluding ortho intramolecular Hbond substituents is 2. The number of morpholine rings is 1. The zero-order chi connectivity index (χ0) is 13.3. The van der Waals surface area contributed by atoms with Gasteiger partial charge >= 0.3 is 0 Å². The lowest BCUT2D eigenvalue weighted by Crippen LogP contribution is -2.53. The highest BCUT2D eigenvalue weighted by Gasteiger charge is 2.34. The number of rotatable bonds is 2. The number of nitrogens with zero attached hydrogens (tertiary/aromatic N) is 1. The van der Waals surface area contributed by atoms with Crippen LogP contribution < -0.4 is 0 Å².